The van der Waals surface area contributed by atoms with Crippen molar-refractivity contribution in [1.29, 1.82) is 0 Å². The Hall–Kier alpha value is -3.46. The number of hydrogen-bond donors (Lipinski definition) is 2. The molecule has 0 aliphatic rings. The Morgan fingerprint density at radius 3 is 2.79 bits per heavy atom. The Bertz CT molecular complexity index is 1240. The Labute approximate surface area is 170 Å². The molecule has 0 saturated carbocycles. The van der Waals surface area contributed by atoms with Crippen molar-refractivity contribution in [3.05, 3.63) is 70.8 Å². The second-order valence-corrected chi connectivity index (χ2v) is 7.79. The van der Waals surface area contributed by atoms with Crippen molar-refractivity contribution in [3.63, 3.8) is 0 Å². The minimum Gasteiger partial charge on any atom is -0.325 e. The molecule has 0 saturated heterocycles. The first-order chi connectivity index (χ1) is 14.0. The molecular weight excluding hydrogens is 388 g/mol. The maximum atomic E-state index is 13.0. The van der Waals surface area contributed by atoms with Crippen LogP contribution in [0.1, 0.15) is 12.5 Å². The fourth-order valence-electron chi connectivity index (χ4n) is 2.86. The summed E-state index contributed by atoms with van der Waals surface area (Å²) in [4.78, 5) is 34.4. The number of benzene rings is 2. The molecule has 0 radical (unpaired) electrons. The van der Waals surface area contributed by atoms with Crippen molar-refractivity contribution >= 4 is 34.3 Å². The van der Waals surface area contributed by atoms with Gasteiger partial charge in [-0.1, -0.05) is 36.0 Å². The number of hydrogen-bond acceptors (Lipinski definition) is 6. The summed E-state index contributed by atoms with van der Waals surface area (Å²) in [6.45, 7) is 3.73. The van der Waals surface area contributed by atoms with Gasteiger partial charge in [0.25, 0.3) is 5.56 Å². The van der Waals surface area contributed by atoms with Crippen LogP contribution in [0.3, 0.4) is 0 Å². The Morgan fingerprint density at radius 2 is 2.03 bits per heavy atom. The van der Waals surface area contributed by atoms with Crippen molar-refractivity contribution in [2.24, 2.45) is 0 Å². The summed E-state index contributed by atoms with van der Waals surface area (Å²) in [5.74, 6) is 0.0640. The molecule has 1 amide bonds. The second-order valence-electron chi connectivity index (χ2n) is 6.48. The van der Waals surface area contributed by atoms with Gasteiger partial charge in [-0.15, -0.1) is 0 Å². The van der Waals surface area contributed by atoms with Gasteiger partial charge >= 0.3 is 0 Å². The SMILES string of the molecule is Cc1cccc(NC(=O)[C@@H](C)Sc2nc3ccccc3c(=O)n2-c2ncn[nH]2)c1. The summed E-state index contributed by atoms with van der Waals surface area (Å²) in [5.41, 5.74) is 2.06. The zero-order chi connectivity index (χ0) is 20.4. The quantitative estimate of drug-likeness (QED) is 0.390. The van der Waals surface area contributed by atoms with Gasteiger partial charge in [-0.3, -0.25) is 9.59 Å². The lowest BCUT2D eigenvalue weighted by Gasteiger charge is -2.15. The van der Waals surface area contributed by atoms with Crippen LogP contribution in [-0.4, -0.2) is 35.9 Å². The predicted molar refractivity (Wildman–Crippen MR) is 112 cm³/mol. The number of aryl methyl sites for hydroxylation is 1. The Morgan fingerprint density at radius 1 is 1.21 bits per heavy atom. The highest BCUT2D eigenvalue weighted by Gasteiger charge is 2.21. The molecule has 0 spiro atoms. The Balaban J connectivity index is 1.69. The van der Waals surface area contributed by atoms with Gasteiger partial charge < -0.3 is 5.32 Å². The van der Waals surface area contributed by atoms with Crippen LogP contribution in [0.4, 0.5) is 5.69 Å². The van der Waals surface area contributed by atoms with E-state index in [2.05, 4.69) is 25.5 Å². The highest BCUT2D eigenvalue weighted by molar-refractivity contribution is 8.00. The minimum atomic E-state index is -0.502. The molecule has 29 heavy (non-hydrogen) atoms. The maximum absolute atomic E-state index is 13.0. The number of H-pyrrole nitrogens is 1. The fraction of sp³-hybridized carbons (Fsp3) is 0.150. The zero-order valence-electron chi connectivity index (χ0n) is 15.8. The van der Waals surface area contributed by atoms with Crippen LogP contribution in [0, 0.1) is 6.92 Å². The third kappa shape index (κ3) is 3.90. The minimum absolute atomic E-state index is 0.188. The number of fused-ring (bicyclic) bond motifs is 1. The molecular formula is C20H18N6O2S. The van der Waals surface area contributed by atoms with E-state index in [0.717, 1.165) is 11.3 Å². The van der Waals surface area contributed by atoms with E-state index < -0.39 is 5.25 Å². The lowest BCUT2D eigenvalue weighted by atomic mass is 10.2. The summed E-state index contributed by atoms with van der Waals surface area (Å²) < 4.78 is 1.34. The van der Waals surface area contributed by atoms with Crippen LogP contribution in [-0.2, 0) is 4.79 Å². The molecule has 0 unspecified atom stereocenters. The van der Waals surface area contributed by atoms with Crippen LogP contribution in [0.5, 0.6) is 0 Å². The first-order valence-electron chi connectivity index (χ1n) is 8.94. The smallest absolute Gasteiger partial charge is 0.269 e. The number of aromatic amines is 1. The highest BCUT2D eigenvalue weighted by atomic mass is 32.2. The van der Waals surface area contributed by atoms with Crippen LogP contribution in [0.25, 0.3) is 16.9 Å². The number of carbonyl (C=O) groups excluding carboxylic acids is 1. The zero-order valence-corrected chi connectivity index (χ0v) is 16.6. The van der Waals surface area contributed by atoms with Crippen LogP contribution < -0.4 is 10.9 Å². The van der Waals surface area contributed by atoms with Gasteiger partial charge in [0.2, 0.25) is 11.9 Å². The molecule has 0 aliphatic heterocycles. The lowest BCUT2D eigenvalue weighted by Crippen LogP contribution is -2.26. The summed E-state index contributed by atoms with van der Waals surface area (Å²) >= 11 is 1.18. The van der Waals surface area contributed by atoms with E-state index in [-0.39, 0.29) is 17.4 Å². The van der Waals surface area contributed by atoms with Gasteiger partial charge in [0, 0.05) is 5.69 Å². The number of nitrogens with one attached hydrogen (secondary N) is 2. The van der Waals surface area contributed by atoms with E-state index in [1.807, 2.05) is 37.3 Å². The lowest BCUT2D eigenvalue weighted by molar-refractivity contribution is -0.115. The normalized spacial score (nSPS) is 12.1. The monoisotopic (exact) mass is 406 g/mol. The molecule has 8 nitrogen and oxygen atoms in total. The molecule has 9 heteroatoms. The van der Waals surface area contributed by atoms with Gasteiger partial charge in [0.1, 0.15) is 6.33 Å². The standard InChI is InChI=1S/C20H18N6O2S/c1-12-6-5-7-14(10-12)23-17(27)13(2)29-20-24-16-9-4-3-8-15(16)18(28)26(20)19-21-11-22-25-19/h3-11,13H,1-2H3,(H,23,27)(H,21,22,25)/t13-/m1/s1. The molecule has 0 aliphatic carbocycles. The number of rotatable bonds is 5. The van der Waals surface area contributed by atoms with Crippen molar-refractivity contribution in [3.8, 4) is 5.95 Å². The number of thioether (sulfide) groups is 1. The van der Waals surface area contributed by atoms with Crippen LogP contribution in [0.15, 0.2) is 64.8 Å². The van der Waals surface area contributed by atoms with E-state index in [1.54, 1.807) is 25.1 Å². The maximum Gasteiger partial charge on any atom is 0.269 e. The number of nitrogens with zero attached hydrogens (tertiary/aromatic N) is 4. The third-order valence-corrected chi connectivity index (χ3v) is 5.35. The summed E-state index contributed by atoms with van der Waals surface area (Å²) in [7, 11) is 0. The molecule has 2 aromatic carbocycles. The summed E-state index contributed by atoms with van der Waals surface area (Å²) in [6, 6.07) is 14.6. The highest BCUT2D eigenvalue weighted by Crippen LogP contribution is 2.25. The molecule has 4 aromatic rings. The van der Waals surface area contributed by atoms with Gasteiger partial charge in [0.05, 0.1) is 16.2 Å². The number of amides is 1. The first kappa shape index (κ1) is 18.9. The number of para-hydroxylation sites is 1. The molecule has 4 rings (SSSR count). The van der Waals surface area contributed by atoms with Crippen LogP contribution in [0.2, 0.25) is 0 Å². The second kappa shape index (κ2) is 7.88. The molecule has 2 aromatic heterocycles. The average molecular weight is 406 g/mol. The number of aromatic nitrogens is 5. The average Bonchev–Trinajstić information content (AvgIpc) is 3.22. The van der Waals surface area contributed by atoms with Crippen molar-refractivity contribution in [2.45, 2.75) is 24.3 Å². The van der Waals surface area contributed by atoms with Gasteiger partial charge in [-0.2, -0.15) is 10.1 Å². The van der Waals surface area contributed by atoms with Gasteiger partial charge in [0.15, 0.2) is 5.16 Å². The molecule has 2 heterocycles. The Kier molecular flexibility index (Phi) is 5.13. The van der Waals surface area contributed by atoms with E-state index in [4.69, 9.17) is 0 Å². The fourth-order valence-corrected chi connectivity index (χ4v) is 3.77. The van der Waals surface area contributed by atoms with Gasteiger partial charge in [-0.25, -0.2) is 14.6 Å². The number of carbonyl (C=O) groups is 1. The first-order valence-corrected chi connectivity index (χ1v) is 9.82. The number of anilines is 1. The predicted octanol–water partition coefficient (Wildman–Crippen LogP) is 2.93. The summed E-state index contributed by atoms with van der Waals surface area (Å²) in [6.07, 6.45) is 1.32. The van der Waals surface area contributed by atoms with Crippen molar-refractivity contribution in [2.75, 3.05) is 5.32 Å². The molecule has 146 valence electrons. The van der Waals surface area contributed by atoms with E-state index in [1.165, 1.54) is 22.7 Å². The topological polar surface area (TPSA) is 106 Å². The third-order valence-electron chi connectivity index (χ3n) is 4.30. The van der Waals surface area contributed by atoms with E-state index in [0.29, 0.717) is 16.1 Å². The van der Waals surface area contributed by atoms with E-state index >= 15 is 0 Å². The molecule has 1 atom stereocenters. The molecule has 0 bridgehead atoms. The van der Waals surface area contributed by atoms with Gasteiger partial charge in [-0.05, 0) is 43.7 Å². The van der Waals surface area contributed by atoms with Crippen molar-refractivity contribution in [1.82, 2.24) is 24.7 Å². The van der Waals surface area contributed by atoms with Crippen LogP contribution >= 0.6 is 11.8 Å². The molecule has 2 N–H and O–H groups in total. The largest absolute Gasteiger partial charge is 0.325 e. The molecule has 0 fully saturated rings. The van der Waals surface area contributed by atoms with E-state index in [9.17, 15) is 9.59 Å². The summed E-state index contributed by atoms with van der Waals surface area (Å²) in [5, 5.41) is 9.74. The van der Waals surface area contributed by atoms with Crippen molar-refractivity contribution < 1.29 is 4.79 Å².